The van der Waals surface area contributed by atoms with Gasteiger partial charge in [-0.25, -0.2) is 4.98 Å². The van der Waals surface area contributed by atoms with Crippen LogP contribution in [0.4, 0.5) is 5.13 Å². The molecule has 152 valence electrons. The Hall–Kier alpha value is -3.00. The van der Waals surface area contributed by atoms with Gasteiger partial charge in [0.05, 0.1) is 21.3 Å². The molecule has 0 radical (unpaired) electrons. The molecule has 1 aliphatic heterocycles. The van der Waals surface area contributed by atoms with Crippen molar-refractivity contribution in [2.45, 2.75) is 0 Å². The summed E-state index contributed by atoms with van der Waals surface area (Å²) in [4.78, 5) is 21.6. The van der Waals surface area contributed by atoms with Crippen LogP contribution < -0.4 is 19.1 Å². The first-order valence-electron chi connectivity index (χ1n) is 9.34. The van der Waals surface area contributed by atoms with E-state index in [0.717, 1.165) is 45.7 Å². The highest BCUT2D eigenvalue weighted by Crippen LogP contribution is 2.40. The molecular formula is C21H23N3O4S. The molecule has 1 saturated heterocycles. The summed E-state index contributed by atoms with van der Waals surface area (Å²) in [6, 6.07) is 11.0. The predicted molar refractivity (Wildman–Crippen MR) is 114 cm³/mol. The molecule has 3 aromatic rings. The minimum Gasteiger partial charge on any atom is -0.497 e. The second-order valence-corrected chi connectivity index (χ2v) is 7.63. The number of anilines is 1. The predicted octanol–water partition coefficient (Wildman–Crippen LogP) is 3.28. The van der Waals surface area contributed by atoms with Gasteiger partial charge in [0.1, 0.15) is 27.5 Å². The van der Waals surface area contributed by atoms with Crippen molar-refractivity contribution in [3.63, 3.8) is 0 Å². The number of hydrogen-bond acceptors (Lipinski definition) is 7. The second-order valence-electron chi connectivity index (χ2n) is 6.65. The molecule has 29 heavy (non-hydrogen) atoms. The van der Waals surface area contributed by atoms with Crippen LogP contribution in [-0.2, 0) is 0 Å². The molecule has 1 fully saturated rings. The number of rotatable bonds is 5. The van der Waals surface area contributed by atoms with Gasteiger partial charge in [-0.05, 0) is 36.4 Å². The van der Waals surface area contributed by atoms with Gasteiger partial charge in [0.2, 0.25) is 0 Å². The number of nitrogens with zero attached hydrogens (tertiary/aromatic N) is 3. The second kappa shape index (κ2) is 8.16. The van der Waals surface area contributed by atoms with Crippen molar-refractivity contribution >= 4 is 32.6 Å². The van der Waals surface area contributed by atoms with E-state index < -0.39 is 0 Å². The third-order valence-electron chi connectivity index (χ3n) is 5.07. The smallest absolute Gasteiger partial charge is 0.253 e. The van der Waals surface area contributed by atoms with Crippen molar-refractivity contribution in [1.29, 1.82) is 0 Å². The third-order valence-corrected chi connectivity index (χ3v) is 6.20. The highest BCUT2D eigenvalue weighted by molar-refractivity contribution is 7.22. The fraction of sp³-hybridized carbons (Fsp3) is 0.333. The molecule has 4 rings (SSSR count). The summed E-state index contributed by atoms with van der Waals surface area (Å²) in [5.74, 6) is 2.31. The zero-order valence-corrected chi connectivity index (χ0v) is 17.5. The Balaban J connectivity index is 1.48. The molecular weight excluding hydrogens is 390 g/mol. The molecule has 1 aliphatic rings. The van der Waals surface area contributed by atoms with Crippen LogP contribution in [0.5, 0.6) is 17.2 Å². The summed E-state index contributed by atoms with van der Waals surface area (Å²) in [5.41, 5.74) is 1.48. The molecule has 0 saturated carbocycles. The Morgan fingerprint density at radius 2 is 1.55 bits per heavy atom. The minimum absolute atomic E-state index is 0.0416. The molecule has 7 nitrogen and oxygen atoms in total. The maximum Gasteiger partial charge on any atom is 0.253 e. The number of fused-ring (bicyclic) bond motifs is 1. The summed E-state index contributed by atoms with van der Waals surface area (Å²) in [6.45, 7) is 2.75. The Labute approximate surface area is 173 Å². The van der Waals surface area contributed by atoms with E-state index in [0.29, 0.717) is 18.7 Å². The molecule has 0 atom stereocenters. The van der Waals surface area contributed by atoms with Crippen LogP contribution in [0, 0.1) is 0 Å². The van der Waals surface area contributed by atoms with Gasteiger partial charge in [0.15, 0.2) is 5.13 Å². The fourth-order valence-electron chi connectivity index (χ4n) is 3.43. The number of ether oxygens (including phenoxy) is 3. The largest absolute Gasteiger partial charge is 0.497 e. The zero-order chi connectivity index (χ0) is 20.4. The van der Waals surface area contributed by atoms with Crippen molar-refractivity contribution < 1.29 is 19.0 Å². The van der Waals surface area contributed by atoms with Crippen LogP contribution in [0.2, 0.25) is 0 Å². The maximum atomic E-state index is 12.8. The average Bonchev–Trinajstić information content (AvgIpc) is 3.23. The Kier molecular flexibility index (Phi) is 5.44. The van der Waals surface area contributed by atoms with E-state index in [2.05, 4.69) is 4.90 Å². The van der Waals surface area contributed by atoms with Crippen molar-refractivity contribution in [3.8, 4) is 17.2 Å². The van der Waals surface area contributed by atoms with Crippen LogP contribution in [0.3, 0.4) is 0 Å². The van der Waals surface area contributed by atoms with Crippen LogP contribution in [-0.4, -0.2) is 63.3 Å². The maximum absolute atomic E-state index is 12.8. The van der Waals surface area contributed by atoms with Gasteiger partial charge < -0.3 is 24.0 Å². The molecule has 8 heteroatoms. The van der Waals surface area contributed by atoms with Crippen molar-refractivity contribution in [2.75, 3.05) is 52.4 Å². The molecule has 0 spiro atoms. The van der Waals surface area contributed by atoms with Gasteiger partial charge >= 0.3 is 0 Å². The number of amides is 1. The van der Waals surface area contributed by atoms with E-state index in [9.17, 15) is 4.79 Å². The van der Waals surface area contributed by atoms with E-state index in [-0.39, 0.29) is 5.91 Å². The van der Waals surface area contributed by atoms with E-state index in [4.69, 9.17) is 19.2 Å². The van der Waals surface area contributed by atoms with Gasteiger partial charge in [-0.1, -0.05) is 11.3 Å². The van der Waals surface area contributed by atoms with Gasteiger partial charge in [-0.3, -0.25) is 4.79 Å². The van der Waals surface area contributed by atoms with E-state index in [1.54, 1.807) is 44.8 Å². The van der Waals surface area contributed by atoms with Crippen LogP contribution in [0.25, 0.3) is 10.2 Å². The van der Waals surface area contributed by atoms with Gasteiger partial charge in [-0.2, -0.15) is 0 Å². The molecule has 0 unspecified atom stereocenters. The van der Waals surface area contributed by atoms with Crippen molar-refractivity contribution in [2.24, 2.45) is 0 Å². The molecule has 1 aromatic heterocycles. The van der Waals surface area contributed by atoms with Gasteiger partial charge in [0.25, 0.3) is 5.91 Å². The van der Waals surface area contributed by atoms with E-state index in [1.807, 2.05) is 29.2 Å². The van der Waals surface area contributed by atoms with Crippen LogP contribution >= 0.6 is 11.3 Å². The quantitative estimate of drug-likeness (QED) is 0.640. The minimum atomic E-state index is 0.0416. The number of hydrogen-bond donors (Lipinski definition) is 0. The van der Waals surface area contributed by atoms with Crippen LogP contribution in [0.15, 0.2) is 36.4 Å². The summed E-state index contributed by atoms with van der Waals surface area (Å²) in [6.07, 6.45) is 0. The fourth-order valence-corrected chi connectivity index (χ4v) is 4.55. The summed E-state index contributed by atoms with van der Waals surface area (Å²) >= 11 is 1.59. The number of carbonyl (C=O) groups excluding carboxylic acids is 1. The van der Waals surface area contributed by atoms with Crippen molar-refractivity contribution in [3.05, 3.63) is 42.0 Å². The number of thiazole rings is 1. The molecule has 2 aromatic carbocycles. The standard InChI is InChI=1S/C21H23N3O4S/c1-26-15-6-4-14(5-7-15)20(25)23-10-12-24(13-11-23)21-22-18-16(27-2)8-9-17(28-3)19(18)29-21/h4-9H,10-13H2,1-3H3. The lowest BCUT2D eigenvalue weighted by atomic mass is 10.1. The summed E-state index contributed by atoms with van der Waals surface area (Å²) < 4.78 is 17.1. The summed E-state index contributed by atoms with van der Waals surface area (Å²) in [5, 5.41) is 0.916. The third kappa shape index (κ3) is 3.67. The van der Waals surface area contributed by atoms with E-state index in [1.165, 1.54) is 0 Å². The van der Waals surface area contributed by atoms with E-state index >= 15 is 0 Å². The average molecular weight is 413 g/mol. The highest BCUT2D eigenvalue weighted by Gasteiger charge is 2.25. The molecule has 2 heterocycles. The molecule has 0 N–H and O–H groups in total. The first-order valence-corrected chi connectivity index (χ1v) is 10.2. The first kappa shape index (κ1) is 19.3. The number of piperazine rings is 1. The lowest BCUT2D eigenvalue weighted by Gasteiger charge is -2.34. The molecule has 0 bridgehead atoms. The normalized spacial score (nSPS) is 14.2. The number of carbonyl (C=O) groups is 1. The van der Waals surface area contributed by atoms with Gasteiger partial charge in [0, 0.05) is 31.7 Å². The Morgan fingerprint density at radius 3 is 2.17 bits per heavy atom. The van der Waals surface area contributed by atoms with Gasteiger partial charge in [-0.15, -0.1) is 0 Å². The first-order chi connectivity index (χ1) is 14.1. The molecule has 1 amide bonds. The van der Waals surface area contributed by atoms with Crippen LogP contribution in [0.1, 0.15) is 10.4 Å². The lowest BCUT2D eigenvalue weighted by molar-refractivity contribution is 0.0746. The topological polar surface area (TPSA) is 64.1 Å². The Morgan fingerprint density at radius 1 is 0.897 bits per heavy atom. The number of aromatic nitrogens is 1. The summed E-state index contributed by atoms with van der Waals surface area (Å²) in [7, 11) is 4.91. The monoisotopic (exact) mass is 413 g/mol. The van der Waals surface area contributed by atoms with Crippen molar-refractivity contribution in [1.82, 2.24) is 9.88 Å². The number of methoxy groups -OCH3 is 3. The zero-order valence-electron chi connectivity index (χ0n) is 16.7. The Bertz CT molecular complexity index is 970. The highest BCUT2D eigenvalue weighted by atomic mass is 32.1. The SMILES string of the molecule is COc1ccc(C(=O)N2CCN(c3nc4c(OC)ccc(OC)c4s3)CC2)cc1. The number of benzene rings is 2. The molecule has 0 aliphatic carbocycles. The lowest BCUT2D eigenvalue weighted by Crippen LogP contribution is -2.48.